The molecule has 2 rings (SSSR count). The summed E-state index contributed by atoms with van der Waals surface area (Å²) < 4.78 is 0. The molecule has 0 saturated carbocycles. The van der Waals surface area contributed by atoms with Crippen molar-refractivity contribution in [3.05, 3.63) is 53.1 Å². The maximum absolute atomic E-state index is 6.14. The van der Waals surface area contributed by atoms with Crippen molar-refractivity contribution in [3.8, 4) is 0 Å². The number of anilines is 3. The van der Waals surface area contributed by atoms with Crippen molar-refractivity contribution in [2.75, 3.05) is 23.4 Å². The summed E-state index contributed by atoms with van der Waals surface area (Å²) in [4.78, 5) is 2.08. The number of hydrogen-bond donors (Lipinski definition) is 2. The van der Waals surface area contributed by atoms with Crippen LogP contribution in [0.5, 0.6) is 0 Å². The van der Waals surface area contributed by atoms with Gasteiger partial charge in [0.15, 0.2) is 0 Å². The molecule has 0 aliphatic rings. The molecule has 0 aromatic heterocycles. The standard InChI is InChI=1S/C14H16ClN3/c1-18(9-10-4-2-3-5-12(10)15)11-6-7-13(16)14(17)8-11/h2-8H,9,16-17H2,1H3. The van der Waals surface area contributed by atoms with Crippen LogP contribution in [-0.2, 0) is 6.54 Å². The molecule has 2 aromatic carbocycles. The fourth-order valence-electron chi connectivity index (χ4n) is 1.77. The molecule has 0 aliphatic carbocycles. The lowest BCUT2D eigenvalue weighted by Gasteiger charge is -2.20. The molecule has 0 saturated heterocycles. The third-order valence-electron chi connectivity index (χ3n) is 2.88. The van der Waals surface area contributed by atoms with Gasteiger partial charge in [-0.1, -0.05) is 29.8 Å². The zero-order valence-electron chi connectivity index (χ0n) is 10.2. The van der Waals surface area contributed by atoms with Gasteiger partial charge in [0.2, 0.25) is 0 Å². The largest absolute Gasteiger partial charge is 0.397 e. The van der Waals surface area contributed by atoms with Crippen LogP contribution in [0.3, 0.4) is 0 Å². The molecule has 94 valence electrons. The van der Waals surface area contributed by atoms with Crippen LogP contribution in [0.25, 0.3) is 0 Å². The first-order valence-corrected chi connectivity index (χ1v) is 6.05. The Morgan fingerprint density at radius 2 is 1.78 bits per heavy atom. The highest BCUT2D eigenvalue weighted by molar-refractivity contribution is 6.31. The summed E-state index contributed by atoms with van der Waals surface area (Å²) in [6.07, 6.45) is 0. The predicted octanol–water partition coefficient (Wildman–Crippen LogP) is 3.14. The third-order valence-corrected chi connectivity index (χ3v) is 3.25. The fourth-order valence-corrected chi connectivity index (χ4v) is 1.97. The Kier molecular flexibility index (Phi) is 3.63. The number of hydrogen-bond acceptors (Lipinski definition) is 3. The number of nitrogens with zero attached hydrogens (tertiary/aromatic N) is 1. The molecule has 4 N–H and O–H groups in total. The van der Waals surface area contributed by atoms with Crippen LogP contribution in [0.2, 0.25) is 5.02 Å². The lowest BCUT2D eigenvalue weighted by atomic mass is 10.2. The van der Waals surface area contributed by atoms with Crippen molar-refractivity contribution in [1.82, 2.24) is 0 Å². The molecule has 0 aliphatic heterocycles. The number of halogens is 1. The molecule has 0 fully saturated rings. The highest BCUT2D eigenvalue weighted by Crippen LogP contribution is 2.24. The van der Waals surface area contributed by atoms with Gasteiger partial charge in [-0.15, -0.1) is 0 Å². The second-order valence-electron chi connectivity index (χ2n) is 4.26. The first-order chi connectivity index (χ1) is 8.58. The van der Waals surface area contributed by atoms with Gasteiger partial charge in [-0.2, -0.15) is 0 Å². The number of rotatable bonds is 3. The molecular formula is C14H16ClN3. The zero-order valence-corrected chi connectivity index (χ0v) is 11.0. The minimum atomic E-state index is 0.596. The second kappa shape index (κ2) is 5.19. The van der Waals surface area contributed by atoms with Crippen LogP contribution in [-0.4, -0.2) is 7.05 Å². The minimum Gasteiger partial charge on any atom is -0.397 e. The maximum atomic E-state index is 6.14. The Morgan fingerprint density at radius 1 is 1.06 bits per heavy atom. The normalized spacial score (nSPS) is 10.3. The molecule has 0 unspecified atom stereocenters. The highest BCUT2D eigenvalue weighted by Gasteiger charge is 2.06. The third kappa shape index (κ3) is 2.68. The first-order valence-electron chi connectivity index (χ1n) is 5.67. The van der Waals surface area contributed by atoms with Crippen LogP contribution in [0.4, 0.5) is 17.1 Å². The number of nitrogen functional groups attached to an aromatic ring is 2. The van der Waals surface area contributed by atoms with Gasteiger partial charge in [0, 0.05) is 24.3 Å². The van der Waals surface area contributed by atoms with E-state index in [2.05, 4.69) is 4.90 Å². The minimum absolute atomic E-state index is 0.596. The van der Waals surface area contributed by atoms with Crippen LogP contribution < -0.4 is 16.4 Å². The van der Waals surface area contributed by atoms with E-state index in [-0.39, 0.29) is 0 Å². The van der Waals surface area contributed by atoms with Gasteiger partial charge < -0.3 is 16.4 Å². The second-order valence-corrected chi connectivity index (χ2v) is 4.67. The summed E-state index contributed by atoms with van der Waals surface area (Å²) in [7, 11) is 1.99. The van der Waals surface area contributed by atoms with Gasteiger partial charge in [-0.3, -0.25) is 0 Å². The maximum Gasteiger partial charge on any atom is 0.0568 e. The summed E-state index contributed by atoms with van der Waals surface area (Å²) in [5, 5.41) is 0.771. The van der Waals surface area contributed by atoms with Crippen LogP contribution in [0.15, 0.2) is 42.5 Å². The lowest BCUT2D eigenvalue weighted by molar-refractivity contribution is 0.924. The fraction of sp³-hybridized carbons (Fsp3) is 0.143. The van der Waals surface area contributed by atoms with Gasteiger partial charge in [-0.05, 0) is 29.8 Å². The molecule has 0 bridgehead atoms. The molecule has 0 atom stereocenters. The summed E-state index contributed by atoms with van der Waals surface area (Å²) in [6.45, 7) is 0.725. The lowest BCUT2D eigenvalue weighted by Crippen LogP contribution is -2.16. The smallest absolute Gasteiger partial charge is 0.0568 e. The van der Waals surface area contributed by atoms with Gasteiger partial charge in [0.25, 0.3) is 0 Å². The van der Waals surface area contributed by atoms with E-state index in [0.29, 0.717) is 11.4 Å². The Bertz CT molecular complexity index is 554. The highest BCUT2D eigenvalue weighted by atomic mass is 35.5. The van der Waals surface area contributed by atoms with Crippen molar-refractivity contribution < 1.29 is 0 Å². The van der Waals surface area contributed by atoms with E-state index >= 15 is 0 Å². The van der Waals surface area contributed by atoms with E-state index < -0.39 is 0 Å². The monoisotopic (exact) mass is 261 g/mol. The summed E-state index contributed by atoms with van der Waals surface area (Å²) >= 11 is 6.14. The van der Waals surface area contributed by atoms with Gasteiger partial charge in [0.1, 0.15) is 0 Å². The van der Waals surface area contributed by atoms with Crippen LogP contribution in [0, 0.1) is 0 Å². The zero-order chi connectivity index (χ0) is 13.1. The Morgan fingerprint density at radius 3 is 2.44 bits per heavy atom. The average Bonchev–Trinajstić information content (AvgIpc) is 2.35. The molecule has 4 heteroatoms. The molecule has 2 aromatic rings. The van der Waals surface area contributed by atoms with E-state index in [1.807, 2.05) is 49.5 Å². The Labute approximate surface area is 112 Å². The Hall–Kier alpha value is -1.87. The Balaban J connectivity index is 2.19. The number of benzene rings is 2. The SMILES string of the molecule is CN(Cc1ccccc1Cl)c1ccc(N)c(N)c1. The van der Waals surface area contributed by atoms with Crippen LogP contribution >= 0.6 is 11.6 Å². The van der Waals surface area contributed by atoms with Gasteiger partial charge >= 0.3 is 0 Å². The van der Waals surface area contributed by atoms with Gasteiger partial charge in [0.05, 0.1) is 11.4 Å². The predicted molar refractivity (Wildman–Crippen MR) is 78.8 cm³/mol. The quantitative estimate of drug-likeness (QED) is 0.835. The molecule has 0 radical (unpaired) electrons. The first kappa shape index (κ1) is 12.6. The van der Waals surface area contributed by atoms with Crippen LogP contribution in [0.1, 0.15) is 5.56 Å². The molecular weight excluding hydrogens is 246 g/mol. The van der Waals surface area contributed by atoms with Crippen molar-refractivity contribution >= 4 is 28.7 Å². The molecule has 0 spiro atoms. The van der Waals surface area contributed by atoms with Gasteiger partial charge in [-0.25, -0.2) is 0 Å². The van der Waals surface area contributed by atoms with Crippen molar-refractivity contribution in [2.45, 2.75) is 6.54 Å². The van der Waals surface area contributed by atoms with E-state index in [1.165, 1.54) is 0 Å². The van der Waals surface area contributed by atoms with E-state index in [0.717, 1.165) is 22.8 Å². The van der Waals surface area contributed by atoms with Crippen molar-refractivity contribution in [1.29, 1.82) is 0 Å². The van der Waals surface area contributed by atoms with E-state index in [4.69, 9.17) is 23.1 Å². The van der Waals surface area contributed by atoms with E-state index in [9.17, 15) is 0 Å². The van der Waals surface area contributed by atoms with Crippen molar-refractivity contribution in [3.63, 3.8) is 0 Å². The topological polar surface area (TPSA) is 55.3 Å². The molecule has 0 amide bonds. The summed E-state index contributed by atoms with van der Waals surface area (Å²) in [6, 6.07) is 13.4. The average molecular weight is 262 g/mol. The molecule has 0 heterocycles. The van der Waals surface area contributed by atoms with Crippen molar-refractivity contribution in [2.24, 2.45) is 0 Å². The van der Waals surface area contributed by atoms with E-state index in [1.54, 1.807) is 0 Å². The number of nitrogens with two attached hydrogens (primary N) is 2. The molecule has 18 heavy (non-hydrogen) atoms. The summed E-state index contributed by atoms with van der Waals surface area (Å²) in [5.74, 6) is 0. The summed E-state index contributed by atoms with van der Waals surface area (Å²) in [5.41, 5.74) is 14.8. The molecule has 3 nitrogen and oxygen atoms in total.